The molecule has 1 aromatic rings. The van der Waals surface area contributed by atoms with Gasteiger partial charge in [-0.1, -0.05) is 37.5 Å². The summed E-state index contributed by atoms with van der Waals surface area (Å²) >= 11 is 0. The molecule has 3 amide bonds. The second kappa shape index (κ2) is 8.28. The van der Waals surface area contributed by atoms with Crippen molar-refractivity contribution >= 4 is 11.9 Å². The molecule has 2 unspecified atom stereocenters. The number of hydrogen-bond acceptors (Lipinski definition) is 2. The summed E-state index contributed by atoms with van der Waals surface area (Å²) in [6, 6.07) is 6.46. The zero-order valence-corrected chi connectivity index (χ0v) is 16.0. The fourth-order valence-corrected chi connectivity index (χ4v) is 4.72. The minimum Gasteiger partial charge on any atom is -0.370 e. The van der Waals surface area contributed by atoms with Crippen molar-refractivity contribution in [1.29, 1.82) is 0 Å². The monoisotopic (exact) mass is 375 g/mol. The highest BCUT2D eigenvalue weighted by atomic mass is 19.1. The molecule has 1 aromatic carbocycles. The predicted octanol–water partition coefficient (Wildman–Crippen LogP) is 3.67. The molecule has 5 nitrogen and oxygen atoms in total. The van der Waals surface area contributed by atoms with E-state index in [9.17, 15) is 14.0 Å². The Morgan fingerprint density at radius 2 is 2.04 bits per heavy atom. The number of carbonyl (C=O) groups excluding carboxylic acids is 2. The van der Waals surface area contributed by atoms with Crippen LogP contribution in [0.25, 0.3) is 0 Å². The molecule has 2 fully saturated rings. The third kappa shape index (κ3) is 4.25. The first kappa shape index (κ1) is 19.6. The number of nitrogens with two attached hydrogens (primary N) is 1. The maximum absolute atomic E-state index is 14.5. The van der Waals surface area contributed by atoms with Gasteiger partial charge in [0.1, 0.15) is 5.82 Å². The molecule has 0 bridgehead atoms. The molecule has 0 radical (unpaired) electrons. The molecule has 1 saturated carbocycles. The molecule has 3 rings (SSSR count). The van der Waals surface area contributed by atoms with Crippen molar-refractivity contribution in [3.8, 4) is 0 Å². The number of rotatable bonds is 6. The van der Waals surface area contributed by atoms with Crippen LogP contribution in [-0.4, -0.2) is 29.4 Å². The minimum atomic E-state index is -0.889. The van der Waals surface area contributed by atoms with E-state index in [1.807, 2.05) is 4.90 Å². The average molecular weight is 375 g/mol. The Morgan fingerprint density at radius 1 is 1.33 bits per heavy atom. The van der Waals surface area contributed by atoms with E-state index in [1.54, 1.807) is 18.2 Å². The number of halogens is 1. The Labute approximate surface area is 160 Å². The van der Waals surface area contributed by atoms with E-state index in [-0.39, 0.29) is 24.3 Å². The fourth-order valence-electron chi connectivity index (χ4n) is 4.72. The van der Waals surface area contributed by atoms with Gasteiger partial charge in [0.15, 0.2) is 0 Å². The van der Waals surface area contributed by atoms with Crippen LogP contribution in [0.2, 0.25) is 0 Å². The molecule has 6 heteroatoms. The topological polar surface area (TPSA) is 75.4 Å². The molecular formula is C21H30FN3O2. The second-order valence-electron chi connectivity index (χ2n) is 8.04. The van der Waals surface area contributed by atoms with Gasteiger partial charge in [-0.25, -0.2) is 9.18 Å². The van der Waals surface area contributed by atoms with E-state index in [2.05, 4.69) is 12.2 Å². The zero-order valence-electron chi connectivity index (χ0n) is 16.0. The molecule has 0 aromatic heterocycles. The molecule has 27 heavy (non-hydrogen) atoms. The van der Waals surface area contributed by atoms with Crippen LogP contribution < -0.4 is 11.1 Å². The number of carbonyl (C=O) groups is 2. The summed E-state index contributed by atoms with van der Waals surface area (Å²) in [5.74, 6) is -0.287. The number of primary amides is 1. The minimum absolute atomic E-state index is 0.104. The molecule has 2 aliphatic rings. The average Bonchev–Trinajstić information content (AvgIpc) is 2.67. The first-order valence-electron chi connectivity index (χ1n) is 10.0. The Hall–Kier alpha value is -2.11. The van der Waals surface area contributed by atoms with Crippen molar-refractivity contribution in [3.63, 3.8) is 0 Å². The molecule has 1 aliphatic heterocycles. The highest BCUT2D eigenvalue weighted by molar-refractivity contribution is 5.77. The first-order chi connectivity index (χ1) is 12.9. The highest BCUT2D eigenvalue weighted by Gasteiger charge is 2.43. The predicted molar refractivity (Wildman–Crippen MR) is 102 cm³/mol. The number of urea groups is 1. The quantitative estimate of drug-likeness (QED) is 0.796. The summed E-state index contributed by atoms with van der Waals surface area (Å²) in [6.45, 7) is 2.67. The summed E-state index contributed by atoms with van der Waals surface area (Å²) in [5, 5.41) is 3.05. The smallest absolute Gasteiger partial charge is 0.318 e. The van der Waals surface area contributed by atoms with E-state index >= 15 is 0 Å². The van der Waals surface area contributed by atoms with Crippen molar-refractivity contribution in [1.82, 2.24) is 10.2 Å². The second-order valence-corrected chi connectivity index (χ2v) is 8.04. The number of nitrogens with one attached hydrogen (secondary N) is 1. The maximum Gasteiger partial charge on any atom is 0.318 e. The van der Waals surface area contributed by atoms with Gasteiger partial charge in [-0.2, -0.15) is 0 Å². The lowest BCUT2D eigenvalue weighted by Gasteiger charge is -2.46. The normalized spacial score (nSPS) is 25.1. The van der Waals surface area contributed by atoms with E-state index in [1.165, 1.54) is 25.3 Å². The molecule has 0 spiro atoms. The van der Waals surface area contributed by atoms with Gasteiger partial charge in [0.05, 0.1) is 5.54 Å². The van der Waals surface area contributed by atoms with Crippen molar-refractivity contribution in [2.45, 2.75) is 69.9 Å². The van der Waals surface area contributed by atoms with Crippen LogP contribution in [-0.2, 0) is 10.3 Å². The van der Waals surface area contributed by atoms with Gasteiger partial charge in [-0.05, 0) is 44.6 Å². The van der Waals surface area contributed by atoms with E-state index < -0.39 is 11.4 Å². The Kier molecular flexibility index (Phi) is 6.02. The largest absolute Gasteiger partial charge is 0.370 e. The van der Waals surface area contributed by atoms with E-state index in [4.69, 9.17) is 5.73 Å². The standard InChI is InChI=1S/C21H30FN3O2/c1-15(16-7-3-2-4-8-16)25-14-13-21(24-20(25)27,12-11-19(23)26)17-9-5-6-10-18(17)22/h5-6,9-10,15-16H,2-4,7-8,11-14H2,1H3,(H2,23,26)(H,24,27). The van der Waals surface area contributed by atoms with Gasteiger partial charge in [-0.15, -0.1) is 0 Å². The van der Waals surface area contributed by atoms with E-state index in [0.717, 1.165) is 12.8 Å². The summed E-state index contributed by atoms with van der Waals surface area (Å²) in [6.07, 6.45) is 7.01. The van der Waals surface area contributed by atoms with Gasteiger partial charge in [-0.3, -0.25) is 4.79 Å². The summed E-state index contributed by atoms with van der Waals surface area (Å²) in [7, 11) is 0. The highest BCUT2D eigenvalue weighted by Crippen LogP contribution is 2.37. The molecule has 3 N–H and O–H groups in total. The lowest BCUT2D eigenvalue weighted by molar-refractivity contribution is -0.118. The van der Waals surface area contributed by atoms with Crippen molar-refractivity contribution in [2.24, 2.45) is 11.7 Å². The molecular weight excluding hydrogens is 345 g/mol. The van der Waals surface area contributed by atoms with Crippen LogP contribution in [0, 0.1) is 11.7 Å². The number of hydrogen-bond donors (Lipinski definition) is 2. The summed E-state index contributed by atoms with van der Waals surface area (Å²) in [5.41, 5.74) is 4.88. The third-order valence-corrected chi connectivity index (χ3v) is 6.40. The van der Waals surface area contributed by atoms with Gasteiger partial charge in [0.2, 0.25) is 5.91 Å². The third-order valence-electron chi connectivity index (χ3n) is 6.40. The van der Waals surface area contributed by atoms with Crippen LogP contribution in [0.4, 0.5) is 9.18 Å². The molecule has 1 saturated heterocycles. The van der Waals surface area contributed by atoms with Gasteiger partial charge in [0.25, 0.3) is 0 Å². The van der Waals surface area contributed by atoms with Crippen molar-refractivity contribution < 1.29 is 14.0 Å². The van der Waals surface area contributed by atoms with Crippen LogP contribution >= 0.6 is 0 Å². The van der Waals surface area contributed by atoms with Crippen LogP contribution in [0.15, 0.2) is 24.3 Å². The SMILES string of the molecule is CC(C1CCCCC1)N1CCC(CCC(N)=O)(c2ccccc2F)NC1=O. The van der Waals surface area contributed by atoms with E-state index in [0.29, 0.717) is 30.9 Å². The van der Waals surface area contributed by atoms with Crippen molar-refractivity contribution in [3.05, 3.63) is 35.6 Å². The lowest BCUT2D eigenvalue weighted by Crippen LogP contribution is -2.61. The molecule has 1 heterocycles. The summed E-state index contributed by atoms with van der Waals surface area (Å²) < 4.78 is 14.5. The van der Waals surface area contributed by atoms with Crippen LogP contribution in [0.3, 0.4) is 0 Å². The van der Waals surface area contributed by atoms with Crippen molar-refractivity contribution in [2.75, 3.05) is 6.54 Å². The van der Waals surface area contributed by atoms with Crippen LogP contribution in [0.1, 0.15) is 63.9 Å². The van der Waals surface area contributed by atoms with Crippen LogP contribution in [0.5, 0.6) is 0 Å². The molecule has 148 valence electrons. The molecule has 1 aliphatic carbocycles. The number of amides is 3. The van der Waals surface area contributed by atoms with Gasteiger partial charge in [0, 0.05) is 24.6 Å². The molecule has 2 atom stereocenters. The summed E-state index contributed by atoms with van der Waals surface area (Å²) in [4.78, 5) is 26.3. The maximum atomic E-state index is 14.5. The van der Waals surface area contributed by atoms with Gasteiger partial charge >= 0.3 is 6.03 Å². The zero-order chi connectivity index (χ0) is 19.4. The number of nitrogens with zero attached hydrogens (tertiary/aromatic N) is 1. The first-order valence-corrected chi connectivity index (χ1v) is 10.0. The number of benzene rings is 1. The Bertz CT molecular complexity index is 690. The Morgan fingerprint density at radius 3 is 2.67 bits per heavy atom. The Balaban J connectivity index is 1.80. The fraction of sp³-hybridized carbons (Fsp3) is 0.619. The van der Waals surface area contributed by atoms with Gasteiger partial charge < -0.3 is 16.0 Å². The lowest BCUT2D eigenvalue weighted by atomic mass is 9.79.